The largest absolute Gasteiger partial charge is 0.501 e. The molecule has 1 aromatic carbocycles. The Labute approximate surface area is 892 Å². The number of rotatable bonds is 0. The molecule has 0 radical (unpaired) electrons. The van der Waals surface area contributed by atoms with E-state index >= 15 is 0 Å². The highest BCUT2D eigenvalue weighted by Gasteiger charge is 2.34. The van der Waals surface area contributed by atoms with Crippen molar-refractivity contribution in [1.82, 2.24) is 44.6 Å². The van der Waals surface area contributed by atoms with Gasteiger partial charge in [0.2, 0.25) is 0 Å². The van der Waals surface area contributed by atoms with E-state index in [-0.39, 0.29) is 38.0 Å². The minimum atomic E-state index is 0.168. The molecule has 1 aliphatic carbocycles. The summed E-state index contributed by atoms with van der Waals surface area (Å²) in [6.45, 7) is 110. The minimum Gasteiger partial charge on any atom is -0.501 e. The van der Waals surface area contributed by atoms with Crippen molar-refractivity contribution in [2.45, 2.75) is 390 Å². The normalized spacial score (nSPS) is 21.8. The van der Waals surface area contributed by atoms with E-state index in [1.165, 1.54) is 87.7 Å². The zero-order valence-electron chi connectivity index (χ0n) is 97.5. The van der Waals surface area contributed by atoms with Crippen molar-refractivity contribution in [3.63, 3.8) is 0 Å². The number of nitrogens with one attached hydrogen (secondary N) is 5. The van der Waals surface area contributed by atoms with Crippen LogP contribution in [-0.2, 0) is 35.6 Å². The Morgan fingerprint density at radius 3 is 1.26 bits per heavy atom. The molecule has 0 amide bonds. The molecule has 16 rings (SSSR count). The van der Waals surface area contributed by atoms with Crippen molar-refractivity contribution in [1.29, 1.82) is 0 Å². The van der Waals surface area contributed by atoms with Crippen LogP contribution >= 0.6 is 82.5 Å². The summed E-state index contributed by atoms with van der Waals surface area (Å²) in [6, 6.07) is 9.22. The number of fused-ring (bicyclic) bond motifs is 1. The predicted octanol–water partition coefficient (Wildman–Crippen LogP) is 34.2. The molecule has 13 aliphatic heterocycles. The molecule has 0 fully saturated rings. The second kappa shape index (κ2) is 60.6. The van der Waals surface area contributed by atoms with Crippen molar-refractivity contribution in [3.8, 4) is 0 Å². The summed E-state index contributed by atoms with van der Waals surface area (Å²) in [4.78, 5) is 9.98. The van der Waals surface area contributed by atoms with Crippen molar-refractivity contribution in [2.75, 3.05) is 82.5 Å². The van der Waals surface area contributed by atoms with Crippen LogP contribution in [0.2, 0.25) is 0 Å². The third kappa shape index (κ3) is 57.0. The van der Waals surface area contributed by atoms with Crippen molar-refractivity contribution in [3.05, 3.63) is 194 Å². The van der Waals surface area contributed by atoms with E-state index in [9.17, 15) is 0 Å². The molecule has 2 aromatic rings. The molecule has 14 nitrogen and oxygen atoms in total. The van der Waals surface area contributed by atoms with Crippen molar-refractivity contribution < 1.29 is 23.7 Å². The third-order valence-electron chi connectivity index (χ3n) is 24.1. The van der Waals surface area contributed by atoms with Crippen LogP contribution in [0.3, 0.4) is 0 Å². The number of benzene rings is 1. The van der Waals surface area contributed by atoms with Gasteiger partial charge in [-0.15, -0.1) is 35.3 Å². The summed E-state index contributed by atoms with van der Waals surface area (Å²) in [5, 5.41) is 21.8. The SMILES string of the molecule is CC(C)(C)C1=CCCS1.CC(C)(C)C1=CCNCC1.CC(C)(C)C1=CCNCN1.CC(C)(C)C1=CCS1.CC(C)(C)C1=COCN1.CC(C)(C)C1=COCS1.CC(C)(C)C1C=CC1.CC(C)(C)C1C=CCN1.CC(C)(C)C1C=CCO1.CC(C)(C)C1C=CO1.CC(C)(C)C1C=COCC1.CC(C)(C)C1C=CSCC1.CC(C)(C)N1CC=CS1.CC(C)(C)N1Cc2ccccc2S1.CC(C)(C)c1ncns1. The van der Waals surface area contributed by atoms with E-state index < -0.39 is 0 Å². The standard InChI is InChI=1S/C11H15NS.C9H17N.C9H16O.C9H16S.C8H16N2.C8H15N.C8H14O.C8H14S.C8H14.C7H13NO.C7H13NS.C7H12OS.C7H12O.C7H12S.C6H10N2S/c1-11(2,3)12-8-9-6-4-5-7-10(9)13-12;3*1-9(2,3)8-4-6-10-7-5-8;1-8(2,3)7-4-5-9-6-10-7;3*1-8(2,3)7-5-4-6-9-7;1-8(2,3)7-5-4-6-7;1-7(2,3)6-4-9-5-8-6;1-7(2,3)8-5-4-6-9-8;1-7(2,3)6-4-8-5-9-6;2*1-7(2,3)6-4-5-8-6;1-6(2,3)5-7-4-8-9-5/h4-7H,8H2,1-3H3;4,10H,5-7H2,1-3H3;2*4,6,8H,5,7H2,1-3H3;4,9-10H,5-6H2,1-3H3;4-5,7,9H,6H2,1-3H3;4-5,7H,6H2,1-3H3;5H,4,6H2,1-3H3;4-5,7H,6H2,1-3H3;4,8H,5H2,1-3H3;4,6H,5H2,1-3H3;4H,5H2,1-3H3;4-6H,1-3H3;4H,5H2,1-3H3;4H,1-3H3. The topological polar surface area (TPSA) is 139 Å². The van der Waals surface area contributed by atoms with E-state index in [1.54, 1.807) is 57.9 Å². The molecule has 14 aliphatic rings. The fourth-order valence-corrected chi connectivity index (χ4v) is 20.0. The van der Waals surface area contributed by atoms with Crippen LogP contribution in [0, 0.1) is 82.7 Å². The highest BCUT2D eigenvalue weighted by atomic mass is 32.2. The zero-order valence-corrected chi connectivity index (χ0v) is 103. The Balaban J connectivity index is 0.000000508. The van der Waals surface area contributed by atoms with Gasteiger partial charge in [0.05, 0.1) is 50.5 Å². The summed E-state index contributed by atoms with van der Waals surface area (Å²) in [7, 11) is 0. The first-order valence-electron chi connectivity index (χ1n) is 51.9. The van der Waals surface area contributed by atoms with Gasteiger partial charge in [-0.25, -0.2) is 13.6 Å². The molecule has 5 N–H and O–H groups in total. The molecular weight excluding hydrogens is 1860 g/mol. The van der Waals surface area contributed by atoms with Crippen LogP contribution in [0.15, 0.2) is 188 Å². The number of aromatic nitrogens is 2. The Morgan fingerprint density at radius 1 is 0.443 bits per heavy atom. The molecule has 6 unspecified atom stereocenters. The zero-order chi connectivity index (χ0) is 107. The van der Waals surface area contributed by atoms with Crippen LogP contribution in [-0.4, -0.2) is 130 Å². The highest BCUT2D eigenvalue weighted by Crippen LogP contribution is 2.45. The molecule has 802 valence electrons. The maximum Gasteiger partial charge on any atom is 0.158 e. The van der Waals surface area contributed by atoms with Gasteiger partial charge in [-0.1, -0.05) is 378 Å². The molecule has 0 saturated carbocycles. The Kier molecular flexibility index (Phi) is 57.2. The lowest BCUT2D eigenvalue weighted by molar-refractivity contribution is 0.0470. The van der Waals surface area contributed by atoms with Crippen LogP contribution in [0.5, 0.6) is 0 Å². The number of allylic oxidation sites excluding steroid dienone is 10. The minimum absolute atomic E-state index is 0.168. The van der Waals surface area contributed by atoms with Gasteiger partial charge in [0.15, 0.2) is 6.73 Å². The van der Waals surface area contributed by atoms with E-state index in [0.29, 0.717) is 74.3 Å². The quantitative estimate of drug-likeness (QED) is 0.126. The van der Waals surface area contributed by atoms with Gasteiger partial charge in [0, 0.05) is 98.5 Å². The van der Waals surface area contributed by atoms with Crippen LogP contribution in [0.25, 0.3) is 0 Å². The van der Waals surface area contributed by atoms with E-state index in [2.05, 4.69) is 476 Å². The molecule has 21 heteroatoms. The van der Waals surface area contributed by atoms with Gasteiger partial charge in [-0.2, -0.15) is 4.37 Å². The first kappa shape index (κ1) is 132. The van der Waals surface area contributed by atoms with Crippen LogP contribution < -0.4 is 26.6 Å². The molecule has 0 saturated heterocycles. The van der Waals surface area contributed by atoms with Crippen LogP contribution in [0.1, 0.15) is 354 Å². The van der Waals surface area contributed by atoms with E-state index in [4.69, 9.17) is 23.7 Å². The summed E-state index contributed by atoms with van der Waals surface area (Å²) in [5.74, 6) is 6.97. The molecular formula is C119H209N9O5S7. The van der Waals surface area contributed by atoms with Gasteiger partial charge in [0.1, 0.15) is 29.6 Å². The number of hydrogen-bond acceptors (Lipinski definition) is 21. The second-order valence-corrected chi connectivity index (χ2v) is 60.2. The molecule has 140 heavy (non-hydrogen) atoms. The summed E-state index contributed by atoms with van der Waals surface area (Å²) in [5.41, 5.74) is 10.6. The van der Waals surface area contributed by atoms with Crippen LogP contribution in [0.4, 0.5) is 0 Å². The number of ether oxygens (including phenoxy) is 5. The summed E-state index contributed by atoms with van der Waals surface area (Å²) in [6.07, 6.45) is 47.1. The summed E-state index contributed by atoms with van der Waals surface area (Å²) < 4.78 is 34.4. The molecule has 0 spiro atoms. The lowest BCUT2D eigenvalue weighted by Crippen LogP contribution is -2.38. The smallest absolute Gasteiger partial charge is 0.158 e. The Bertz CT molecular complexity index is 3980. The Hall–Kier alpha value is -3.94. The lowest BCUT2D eigenvalue weighted by Gasteiger charge is -2.31. The van der Waals surface area contributed by atoms with Gasteiger partial charge >= 0.3 is 0 Å². The van der Waals surface area contributed by atoms with Gasteiger partial charge in [-0.3, -0.25) is 5.32 Å². The van der Waals surface area contributed by atoms with Crippen molar-refractivity contribution in [2.24, 2.45) is 82.7 Å². The summed E-state index contributed by atoms with van der Waals surface area (Å²) >= 11 is 12.9. The Morgan fingerprint density at radius 2 is 1.02 bits per heavy atom. The molecule has 0 bridgehead atoms. The first-order chi connectivity index (χ1) is 64.0. The maximum atomic E-state index is 5.41. The fraction of sp³-hybridized carbons (Fsp3) is 0.714. The lowest BCUT2D eigenvalue weighted by atomic mass is 9.74. The molecule has 6 atom stereocenters. The van der Waals surface area contributed by atoms with Gasteiger partial charge < -0.3 is 45.0 Å². The van der Waals surface area contributed by atoms with Gasteiger partial charge in [-0.05, 0) is 232 Å². The average Bonchev–Trinajstić information content (AvgIpc) is 1.67. The fourth-order valence-electron chi connectivity index (χ4n) is 14.0. The van der Waals surface area contributed by atoms with E-state index in [0.717, 1.165) is 81.9 Å². The predicted molar refractivity (Wildman–Crippen MR) is 631 cm³/mol. The maximum absolute atomic E-state index is 5.41. The van der Waals surface area contributed by atoms with E-state index in [1.807, 2.05) is 59.8 Å². The van der Waals surface area contributed by atoms with Crippen molar-refractivity contribution >= 4 is 82.5 Å². The monoisotopic (exact) mass is 2070 g/mol. The third-order valence-corrected chi connectivity index (χ3v) is 33.0. The highest BCUT2D eigenvalue weighted by molar-refractivity contribution is 8.04. The number of thioether (sulfide) groups is 4. The van der Waals surface area contributed by atoms with Gasteiger partial charge in [0.25, 0.3) is 0 Å². The average molecular weight is 2070 g/mol. The second-order valence-electron chi connectivity index (χ2n) is 53.3. The molecule has 14 heterocycles. The number of nitrogens with zero attached hydrogens (tertiary/aromatic N) is 4. The first-order valence-corrected chi connectivity index (χ1v) is 58.3. The molecule has 1 aromatic heterocycles. The number of hydrogen-bond donors (Lipinski definition) is 5.